The molecule has 0 aromatic heterocycles. The van der Waals surface area contributed by atoms with Gasteiger partial charge in [0.2, 0.25) is 0 Å². The zero-order valence-electron chi connectivity index (χ0n) is 14.5. The summed E-state index contributed by atoms with van der Waals surface area (Å²) in [4.78, 5) is 0. The summed E-state index contributed by atoms with van der Waals surface area (Å²) in [6, 6.07) is 0. The first-order chi connectivity index (χ1) is 11.1. The molecule has 5 aliphatic rings. The van der Waals surface area contributed by atoms with Crippen molar-refractivity contribution in [3.63, 3.8) is 0 Å². The normalized spacial score (nSPS) is 54.5. The van der Waals surface area contributed by atoms with E-state index in [1.807, 2.05) is 0 Å². The van der Waals surface area contributed by atoms with Crippen LogP contribution in [0.1, 0.15) is 64.7 Å². The molecule has 4 aliphatic carbocycles. The lowest BCUT2D eigenvalue weighted by molar-refractivity contribution is -0.210. The van der Waals surface area contributed by atoms with Crippen molar-refractivity contribution < 1.29 is 14.6 Å². The molecule has 130 valence electrons. The van der Waals surface area contributed by atoms with Crippen LogP contribution in [0.3, 0.4) is 0 Å². The Balaban J connectivity index is 1.36. The van der Waals surface area contributed by atoms with E-state index in [2.05, 4.69) is 6.92 Å². The molecule has 5 fully saturated rings. The summed E-state index contributed by atoms with van der Waals surface area (Å²) in [5, 5.41) is 10.5. The molecule has 0 aromatic carbocycles. The second-order valence-corrected chi connectivity index (χ2v) is 9.42. The number of ether oxygens (including phenoxy) is 2. The van der Waals surface area contributed by atoms with Crippen LogP contribution in [0.15, 0.2) is 0 Å². The predicted molar refractivity (Wildman–Crippen MR) is 87.8 cm³/mol. The fourth-order valence-electron chi connectivity index (χ4n) is 7.56. The average molecular weight is 320 g/mol. The number of hydrogen-bond acceptors (Lipinski definition) is 3. The molecule has 1 saturated heterocycles. The van der Waals surface area contributed by atoms with E-state index in [1.54, 1.807) is 0 Å². The number of hydrogen-bond donors (Lipinski definition) is 1. The monoisotopic (exact) mass is 320 g/mol. The lowest BCUT2D eigenvalue weighted by atomic mass is 9.50. The van der Waals surface area contributed by atoms with Crippen LogP contribution >= 0.6 is 0 Å². The molecule has 23 heavy (non-hydrogen) atoms. The third kappa shape index (κ3) is 2.12. The van der Waals surface area contributed by atoms with E-state index >= 15 is 0 Å². The summed E-state index contributed by atoms with van der Waals surface area (Å²) in [6.07, 6.45) is 11.2. The van der Waals surface area contributed by atoms with Gasteiger partial charge in [-0.2, -0.15) is 0 Å². The molecule has 0 bridgehead atoms. The van der Waals surface area contributed by atoms with Gasteiger partial charge < -0.3 is 14.6 Å². The Morgan fingerprint density at radius 2 is 1.61 bits per heavy atom. The molecule has 0 radical (unpaired) electrons. The second-order valence-electron chi connectivity index (χ2n) is 9.42. The van der Waals surface area contributed by atoms with Crippen LogP contribution in [-0.2, 0) is 9.47 Å². The van der Waals surface area contributed by atoms with Crippen molar-refractivity contribution in [2.75, 3.05) is 13.2 Å². The van der Waals surface area contributed by atoms with E-state index < -0.39 is 0 Å². The van der Waals surface area contributed by atoms with Gasteiger partial charge in [0.05, 0.1) is 19.3 Å². The lowest BCUT2D eigenvalue weighted by Crippen LogP contribution is -2.51. The molecule has 0 aromatic rings. The summed E-state index contributed by atoms with van der Waals surface area (Å²) >= 11 is 0. The first-order valence-corrected chi connectivity index (χ1v) is 10.1. The molecule has 0 amide bonds. The van der Waals surface area contributed by atoms with Gasteiger partial charge in [-0.25, -0.2) is 0 Å². The largest absolute Gasteiger partial charge is 0.393 e. The van der Waals surface area contributed by atoms with Crippen LogP contribution in [0, 0.1) is 35.0 Å². The van der Waals surface area contributed by atoms with Gasteiger partial charge in [-0.15, -0.1) is 0 Å². The maximum Gasteiger partial charge on any atom is 0.168 e. The van der Waals surface area contributed by atoms with Crippen molar-refractivity contribution in [3.8, 4) is 0 Å². The van der Waals surface area contributed by atoms with Gasteiger partial charge in [0.15, 0.2) is 5.79 Å². The summed E-state index contributed by atoms with van der Waals surface area (Å²) in [7, 11) is 0. The van der Waals surface area contributed by atoms with E-state index in [0.717, 1.165) is 62.1 Å². The zero-order valence-corrected chi connectivity index (χ0v) is 14.5. The fraction of sp³-hybridized carbons (Fsp3) is 1.00. The molecule has 1 spiro atoms. The van der Waals surface area contributed by atoms with Gasteiger partial charge in [-0.1, -0.05) is 6.92 Å². The molecule has 4 saturated carbocycles. The van der Waals surface area contributed by atoms with Crippen molar-refractivity contribution in [1.82, 2.24) is 0 Å². The van der Waals surface area contributed by atoms with Crippen LogP contribution in [0.5, 0.6) is 0 Å². The van der Waals surface area contributed by atoms with Gasteiger partial charge in [-0.3, -0.25) is 0 Å². The molecule has 1 N–H and O–H groups in total. The highest BCUT2D eigenvalue weighted by Crippen LogP contribution is 2.63. The topological polar surface area (TPSA) is 38.7 Å². The molecule has 1 heterocycles. The van der Waals surface area contributed by atoms with Gasteiger partial charge >= 0.3 is 0 Å². The summed E-state index contributed by atoms with van der Waals surface area (Å²) < 4.78 is 12.0. The minimum atomic E-state index is -0.208. The average Bonchev–Trinajstić information content (AvgIpc) is 3.12. The minimum absolute atomic E-state index is 0.0407. The number of fused-ring (bicyclic) bond motifs is 5. The van der Waals surface area contributed by atoms with Crippen molar-refractivity contribution in [2.24, 2.45) is 35.0 Å². The SMILES string of the molecule is CC12CCC3C(CC[C@H]4CC5(CCC34)OCCO5)C1CCC2O. The Morgan fingerprint density at radius 3 is 2.43 bits per heavy atom. The van der Waals surface area contributed by atoms with Crippen LogP contribution in [0.4, 0.5) is 0 Å². The molecular weight excluding hydrogens is 288 g/mol. The summed E-state index contributed by atoms with van der Waals surface area (Å²) in [5.74, 6) is 4.09. The van der Waals surface area contributed by atoms with Crippen molar-refractivity contribution in [2.45, 2.75) is 76.6 Å². The minimum Gasteiger partial charge on any atom is -0.393 e. The van der Waals surface area contributed by atoms with E-state index in [-0.39, 0.29) is 17.3 Å². The first-order valence-electron chi connectivity index (χ1n) is 10.1. The van der Waals surface area contributed by atoms with Gasteiger partial charge in [0.25, 0.3) is 0 Å². The Labute approximate surface area is 140 Å². The fourth-order valence-corrected chi connectivity index (χ4v) is 7.56. The molecule has 5 rings (SSSR count). The van der Waals surface area contributed by atoms with Crippen molar-refractivity contribution in [3.05, 3.63) is 0 Å². The standard InChI is InChI=1S/C20H32O3/c1-19-8-6-15-14-7-9-20(22-10-11-23-20)12-13(14)2-3-16(15)17(19)4-5-18(19)21/h13-18,21H,2-12H2,1H3/t13-,14?,15?,16?,17?,18?,19?/m0/s1. The Kier molecular flexibility index (Phi) is 3.42. The predicted octanol–water partition coefficient (Wildman–Crippen LogP) is 3.74. The van der Waals surface area contributed by atoms with Gasteiger partial charge in [-0.05, 0) is 80.0 Å². The third-order valence-corrected chi connectivity index (χ3v) is 8.71. The molecule has 3 heteroatoms. The summed E-state index contributed by atoms with van der Waals surface area (Å²) in [6.45, 7) is 3.97. The van der Waals surface area contributed by atoms with E-state index in [0.29, 0.717) is 0 Å². The maximum atomic E-state index is 10.5. The molecule has 3 nitrogen and oxygen atoms in total. The van der Waals surface area contributed by atoms with E-state index in [1.165, 1.54) is 38.5 Å². The molecule has 1 aliphatic heterocycles. The number of rotatable bonds is 0. The summed E-state index contributed by atoms with van der Waals surface area (Å²) in [5.41, 5.74) is 0.224. The van der Waals surface area contributed by atoms with E-state index in [9.17, 15) is 5.11 Å². The van der Waals surface area contributed by atoms with E-state index in [4.69, 9.17) is 9.47 Å². The van der Waals surface area contributed by atoms with Crippen LogP contribution in [0.25, 0.3) is 0 Å². The van der Waals surface area contributed by atoms with Crippen LogP contribution < -0.4 is 0 Å². The Bertz CT molecular complexity index is 472. The highest BCUT2D eigenvalue weighted by Gasteiger charge is 2.58. The maximum absolute atomic E-state index is 10.5. The van der Waals surface area contributed by atoms with Gasteiger partial charge in [0, 0.05) is 12.8 Å². The van der Waals surface area contributed by atoms with Crippen molar-refractivity contribution >= 4 is 0 Å². The zero-order chi connectivity index (χ0) is 15.7. The molecule has 6 unspecified atom stereocenters. The smallest absolute Gasteiger partial charge is 0.168 e. The highest BCUT2D eigenvalue weighted by atomic mass is 16.7. The lowest BCUT2D eigenvalue weighted by Gasteiger charge is -2.56. The molecular formula is C20H32O3. The Hall–Kier alpha value is -0.120. The Morgan fingerprint density at radius 1 is 0.826 bits per heavy atom. The van der Waals surface area contributed by atoms with Crippen LogP contribution in [-0.4, -0.2) is 30.2 Å². The first kappa shape index (κ1) is 15.2. The van der Waals surface area contributed by atoms with Crippen molar-refractivity contribution in [1.29, 1.82) is 0 Å². The quantitative estimate of drug-likeness (QED) is 0.739. The molecule has 7 atom stereocenters. The van der Waals surface area contributed by atoms with Gasteiger partial charge in [0.1, 0.15) is 0 Å². The number of aliphatic hydroxyl groups is 1. The second kappa shape index (κ2) is 5.19. The highest BCUT2D eigenvalue weighted by molar-refractivity contribution is 5.06. The van der Waals surface area contributed by atoms with Crippen LogP contribution in [0.2, 0.25) is 0 Å². The third-order valence-electron chi connectivity index (χ3n) is 8.71. The number of aliphatic hydroxyl groups excluding tert-OH is 1.